The minimum absolute atomic E-state index is 0.216. The highest BCUT2D eigenvalue weighted by Crippen LogP contribution is 2.36. The number of carboxylic acids is 1. The van der Waals surface area contributed by atoms with Crippen LogP contribution in [0.15, 0.2) is 65.2 Å². The molecule has 0 saturated carbocycles. The molecule has 0 radical (unpaired) electrons. The third kappa shape index (κ3) is 3.08. The van der Waals surface area contributed by atoms with E-state index in [9.17, 15) is 4.79 Å². The molecule has 0 aliphatic heterocycles. The summed E-state index contributed by atoms with van der Waals surface area (Å²) < 4.78 is 5.33. The van der Waals surface area contributed by atoms with Gasteiger partial charge in [0, 0.05) is 18.3 Å². The Bertz CT molecular complexity index is 798. The maximum Gasteiger partial charge on any atom is 0.311 e. The van der Waals surface area contributed by atoms with E-state index in [1.165, 1.54) is 0 Å². The fourth-order valence-electron chi connectivity index (χ4n) is 2.48. The molecule has 3 rings (SSSR count). The Morgan fingerprint density at radius 1 is 1.09 bits per heavy atom. The second-order valence-corrected chi connectivity index (χ2v) is 5.13. The highest BCUT2D eigenvalue weighted by Gasteiger charge is 2.23. The van der Waals surface area contributed by atoms with E-state index in [-0.39, 0.29) is 6.42 Å². The van der Waals surface area contributed by atoms with Crippen molar-refractivity contribution in [3.05, 3.63) is 66.4 Å². The van der Waals surface area contributed by atoms with Crippen molar-refractivity contribution < 1.29 is 14.4 Å². The van der Waals surface area contributed by atoms with Crippen LogP contribution >= 0.6 is 0 Å². The lowest BCUT2D eigenvalue weighted by Gasteiger charge is -2.19. The van der Waals surface area contributed by atoms with Gasteiger partial charge >= 0.3 is 5.97 Å². The molecule has 0 spiro atoms. The first kappa shape index (κ1) is 14.8. The van der Waals surface area contributed by atoms with Gasteiger partial charge in [0.1, 0.15) is 17.8 Å². The largest absolute Gasteiger partial charge is 0.481 e. The quantitative estimate of drug-likeness (QED) is 0.778. The van der Waals surface area contributed by atoms with E-state index in [0.29, 0.717) is 17.1 Å². The van der Waals surface area contributed by atoms with Crippen LogP contribution in [-0.2, 0) is 11.2 Å². The van der Waals surface area contributed by atoms with E-state index < -0.39 is 5.97 Å². The predicted molar refractivity (Wildman–Crippen MR) is 87.8 cm³/mol. The number of rotatable bonds is 5. The minimum atomic E-state index is -0.955. The third-order valence-corrected chi connectivity index (χ3v) is 3.57. The maximum absolute atomic E-state index is 11.1. The van der Waals surface area contributed by atoms with E-state index in [4.69, 9.17) is 9.63 Å². The number of aromatic nitrogens is 1. The topological polar surface area (TPSA) is 66.6 Å². The average molecular weight is 308 g/mol. The van der Waals surface area contributed by atoms with Crippen molar-refractivity contribution in [2.24, 2.45) is 0 Å². The van der Waals surface area contributed by atoms with Crippen molar-refractivity contribution in [2.45, 2.75) is 6.42 Å². The van der Waals surface area contributed by atoms with Gasteiger partial charge in [0.2, 0.25) is 0 Å². The molecule has 0 bridgehead atoms. The zero-order valence-corrected chi connectivity index (χ0v) is 12.6. The summed E-state index contributed by atoms with van der Waals surface area (Å²) in [6.45, 7) is 0. The molecule has 0 amide bonds. The van der Waals surface area contributed by atoms with Crippen LogP contribution in [-0.4, -0.2) is 23.3 Å². The molecule has 5 nitrogen and oxygen atoms in total. The van der Waals surface area contributed by atoms with Crippen molar-refractivity contribution in [1.82, 2.24) is 5.16 Å². The van der Waals surface area contributed by atoms with Gasteiger partial charge in [0.25, 0.3) is 0 Å². The van der Waals surface area contributed by atoms with E-state index in [1.54, 1.807) is 0 Å². The van der Waals surface area contributed by atoms with E-state index >= 15 is 0 Å². The van der Waals surface area contributed by atoms with Gasteiger partial charge in [-0.3, -0.25) is 4.79 Å². The monoisotopic (exact) mass is 308 g/mol. The van der Waals surface area contributed by atoms with Crippen molar-refractivity contribution in [2.75, 3.05) is 11.9 Å². The van der Waals surface area contributed by atoms with Crippen LogP contribution in [0.2, 0.25) is 0 Å². The van der Waals surface area contributed by atoms with Gasteiger partial charge in [0.15, 0.2) is 5.76 Å². The van der Waals surface area contributed by atoms with Gasteiger partial charge in [0.05, 0.1) is 0 Å². The standard InChI is InChI=1S/C18H16N2O3/c1-20(14-10-6-3-7-11-14)18-15(12-16(21)22)23-19-17(18)13-8-4-2-5-9-13/h2-11H,12H2,1H3,(H,21,22). The first-order chi connectivity index (χ1) is 11.2. The highest BCUT2D eigenvalue weighted by molar-refractivity contribution is 5.83. The van der Waals surface area contributed by atoms with Crippen molar-refractivity contribution in [3.8, 4) is 11.3 Å². The number of nitrogens with zero attached hydrogens (tertiary/aromatic N) is 2. The molecule has 1 aromatic heterocycles. The van der Waals surface area contributed by atoms with Crippen LogP contribution in [0.3, 0.4) is 0 Å². The molecule has 0 atom stereocenters. The Hall–Kier alpha value is -3.08. The molecule has 0 aliphatic carbocycles. The number of hydrogen-bond donors (Lipinski definition) is 1. The predicted octanol–water partition coefficient (Wildman–Crippen LogP) is 3.74. The molecule has 0 unspecified atom stereocenters. The zero-order chi connectivity index (χ0) is 16.2. The van der Waals surface area contributed by atoms with Crippen LogP contribution in [0, 0.1) is 0 Å². The fraction of sp³-hybridized carbons (Fsp3) is 0.111. The first-order valence-corrected chi connectivity index (χ1v) is 7.21. The molecular weight excluding hydrogens is 292 g/mol. The van der Waals surface area contributed by atoms with Gasteiger partial charge in [-0.05, 0) is 12.1 Å². The summed E-state index contributed by atoms with van der Waals surface area (Å²) in [5.74, 6) is -0.619. The second kappa shape index (κ2) is 6.36. The first-order valence-electron chi connectivity index (χ1n) is 7.21. The third-order valence-electron chi connectivity index (χ3n) is 3.57. The zero-order valence-electron chi connectivity index (χ0n) is 12.6. The molecule has 5 heteroatoms. The lowest BCUT2D eigenvalue weighted by molar-refractivity contribution is -0.136. The smallest absolute Gasteiger partial charge is 0.311 e. The van der Waals surface area contributed by atoms with Crippen LogP contribution in [0.25, 0.3) is 11.3 Å². The Morgan fingerprint density at radius 2 is 1.70 bits per heavy atom. The molecule has 0 saturated heterocycles. The maximum atomic E-state index is 11.1. The molecule has 0 aliphatic rings. The SMILES string of the molecule is CN(c1ccccc1)c1c(-c2ccccc2)noc1CC(=O)O. The Labute approximate surface area is 133 Å². The summed E-state index contributed by atoms with van der Waals surface area (Å²) in [4.78, 5) is 13.0. The number of para-hydroxylation sites is 1. The fourth-order valence-corrected chi connectivity index (χ4v) is 2.48. The van der Waals surface area contributed by atoms with Gasteiger partial charge in [-0.1, -0.05) is 53.7 Å². The Kier molecular flexibility index (Phi) is 4.10. The minimum Gasteiger partial charge on any atom is -0.481 e. The molecule has 1 heterocycles. The van der Waals surface area contributed by atoms with Gasteiger partial charge in [-0.25, -0.2) is 0 Å². The van der Waals surface area contributed by atoms with Crippen molar-refractivity contribution >= 4 is 17.3 Å². The van der Waals surface area contributed by atoms with Crippen molar-refractivity contribution in [3.63, 3.8) is 0 Å². The summed E-state index contributed by atoms with van der Waals surface area (Å²) in [6.07, 6.45) is -0.216. The highest BCUT2D eigenvalue weighted by atomic mass is 16.5. The normalized spacial score (nSPS) is 10.5. The lowest BCUT2D eigenvalue weighted by atomic mass is 10.1. The van der Waals surface area contributed by atoms with E-state index in [1.807, 2.05) is 72.6 Å². The lowest BCUT2D eigenvalue weighted by Crippen LogP contribution is -2.13. The number of carbonyl (C=O) groups is 1. The summed E-state index contributed by atoms with van der Waals surface area (Å²) in [7, 11) is 1.87. The molecule has 23 heavy (non-hydrogen) atoms. The second-order valence-electron chi connectivity index (χ2n) is 5.13. The van der Waals surface area contributed by atoms with Crippen LogP contribution < -0.4 is 4.90 Å². The molecule has 116 valence electrons. The van der Waals surface area contributed by atoms with Crippen LogP contribution in [0.1, 0.15) is 5.76 Å². The molecular formula is C18H16N2O3. The van der Waals surface area contributed by atoms with Gasteiger partial charge in [-0.15, -0.1) is 0 Å². The molecule has 2 aromatic carbocycles. The summed E-state index contributed by atoms with van der Waals surface area (Å²) in [5, 5.41) is 13.2. The van der Waals surface area contributed by atoms with Crippen LogP contribution in [0.5, 0.6) is 0 Å². The molecule has 3 aromatic rings. The van der Waals surface area contributed by atoms with Crippen molar-refractivity contribution in [1.29, 1.82) is 0 Å². The summed E-state index contributed by atoms with van der Waals surface area (Å²) in [6, 6.07) is 19.3. The Morgan fingerprint density at radius 3 is 2.30 bits per heavy atom. The number of anilines is 2. The number of carboxylic acid groups (broad SMARTS) is 1. The average Bonchev–Trinajstić information content (AvgIpc) is 2.98. The number of benzene rings is 2. The molecule has 1 N–H and O–H groups in total. The number of hydrogen-bond acceptors (Lipinski definition) is 4. The summed E-state index contributed by atoms with van der Waals surface area (Å²) in [5.41, 5.74) is 3.11. The van der Waals surface area contributed by atoms with Gasteiger partial charge in [-0.2, -0.15) is 0 Å². The Balaban J connectivity index is 2.11. The van der Waals surface area contributed by atoms with Crippen LogP contribution in [0.4, 0.5) is 11.4 Å². The molecule has 0 fully saturated rings. The summed E-state index contributed by atoms with van der Waals surface area (Å²) >= 11 is 0. The van der Waals surface area contributed by atoms with Gasteiger partial charge < -0.3 is 14.5 Å². The van der Waals surface area contributed by atoms with E-state index in [2.05, 4.69) is 5.16 Å². The van der Waals surface area contributed by atoms with E-state index in [0.717, 1.165) is 11.3 Å². The number of aliphatic carboxylic acids is 1.